The lowest BCUT2D eigenvalue weighted by molar-refractivity contribution is 0.0948. The van der Waals surface area contributed by atoms with E-state index in [0.717, 1.165) is 12.3 Å². The van der Waals surface area contributed by atoms with Gasteiger partial charge >= 0.3 is 0 Å². The number of aromatic nitrogens is 2. The molecule has 0 saturated heterocycles. The van der Waals surface area contributed by atoms with Crippen molar-refractivity contribution in [1.82, 2.24) is 14.3 Å². The topological polar surface area (TPSA) is 102 Å². The van der Waals surface area contributed by atoms with Crippen molar-refractivity contribution in [1.29, 1.82) is 0 Å². The fourth-order valence-electron chi connectivity index (χ4n) is 3.05. The van der Waals surface area contributed by atoms with Gasteiger partial charge in [0, 0.05) is 43.9 Å². The number of carbonyl (C=O) groups is 1. The highest BCUT2D eigenvalue weighted by molar-refractivity contribution is 5.94. The van der Waals surface area contributed by atoms with Crippen LogP contribution in [0.3, 0.4) is 0 Å². The first-order valence-electron chi connectivity index (χ1n) is 8.94. The number of ether oxygens (including phenoxy) is 1. The first-order chi connectivity index (χ1) is 14.2. The van der Waals surface area contributed by atoms with Gasteiger partial charge in [0.25, 0.3) is 11.5 Å². The predicted octanol–water partition coefficient (Wildman–Crippen LogP) is 1.58. The van der Waals surface area contributed by atoms with Gasteiger partial charge in [-0.25, -0.2) is 8.78 Å². The number of hydrogen-bond donors (Lipinski definition) is 2. The maximum Gasteiger partial charge on any atom is 0.279 e. The molecule has 30 heavy (non-hydrogen) atoms. The number of carbonyl (C=O) groups excluding carboxylic acids is 1. The van der Waals surface area contributed by atoms with Crippen LogP contribution in [-0.2, 0) is 11.3 Å². The van der Waals surface area contributed by atoms with E-state index >= 15 is 0 Å². The zero-order valence-electron chi connectivity index (χ0n) is 16.2. The van der Waals surface area contributed by atoms with Gasteiger partial charge in [0.05, 0.1) is 12.6 Å². The van der Waals surface area contributed by atoms with Crippen LogP contribution in [0, 0.1) is 11.6 Å². The van der Waals surface area contributed by atoms with Crippen LogP contribution in [0.2, 0.25) is 0 Å². The molecule has 10 heteroatoms. The Labute approximate surface area is 169 Å². The summed E-state index contributed by atoms with van der Waals surface area (Å²) in [5.41, 5.74) is -2.37. The molecule has 0 spiro atoms. The smallest absolute Gasteiger partial charge is 0.279 e. The normalized spacial score (nSPS) is 12.1. The van der Waals surface area contributed by atoms with Crippen molar-refractivity contribution in [2.45, 2.75) is 19.5 Å². The van der Waals surface area contributed by atoms with E-state index in [0.29, 0.717) is 6.07 Å². The minimum Gasteiger partial charge on any atom is -0.503 e. The van der Waals surface area contributed by atoms with Crippen molar-refractivity contribution < 1.29 is 23.4 Å². The van der Waals surface area contributed by atoms with Crippen LogP contribution < -0.4 is 16.3 Å². The highest BCUT2D eigenvalue weighted by atomic mass is 19.1. The number of nitrogens with zero attached hydrogens (tertiary/aromatic N) is 2. The van der Waals surface area contributed by atoms with Crippen LogP contribution in [0.5, 0.6) is 5.75 Å². The molecule has 2 N–H and O–H groups in total. The molecule has 1 unspecified atom stereocenters. The summed E-state index contributed by atoms with van der Waals surface area (Å²) in [6.07, 6.45) is 3.97. The van der Waals surface area contributed by atoms with Crippen molar-refractivity contribution in [3.63, 3.8) is 0 Å². The van der Waals surface area contributed by atoms with E-state index in [1.807, 2.05) is 0 Å². The molecule has 0 aliphatic carbocycles. The largest absolute Gasteiger partial charge is 0.503 e. The number of fused-ring (bicyclic) bond motifs is 1. The van der Waals surface area contributed by atoms with E-state index < -0.39 is 39.8 Å². The van der Waals surface area contributed by atoms with Crippen LogP contribution in [0.25, 0.3) is 5.52 Å². The highest BCUT2D eigenvalue weighted by Gasteiger charge is 2.20. The summed E-state index contributed by atoms with van der Waals surface area (Å²) in [6, 6.07) is 2.53. The van der Waals surface area contributed by atoms with Gasteiger partial charge in [-0.3, -0.25) is 14.4 Å². The van der Waals surface area contributed by atoms with E-state index in [-0.39, 0.29) is 30.3 Å². The molecule has 0 bridgehead atoms. The van der Waals surface area contributed by atoms with Crippen molar-refractivity contribution in [2.75, 3.05) is 13.7 Å². The average molecular weight is 419 g/mol. The second-order valence-electron chi connectivity index (χ2n) is 6.71. The number of amides is 1. The van der Waals surface area contributed by atoms with Crippen LogP contribution >= 0.6 is 0 Å². The van der Waals surface area contributed by atoms with Crippen molar-refractivity contribution >= 4 is 11.4 Å². The highest BCUT2D eigenvalue weighted by Crippen LogP contribution is 2.14. The maximum atomic E-state index is 13.7. The number of halogens is 2. The molecule has 2 heterocycles. The summed E-state index contributed by atoms with van der Waals surface area (Å²) in [4.78, 5) is 37.6. The number of hydrogen-bond acceptors (Lipinski definition) is 5. The van der Waals surface area contributed by atoms with Gasteiger partial charge < -0.3 is 24.1 Å². The van der Waals surface area contributed by atoms with Crippen LogP contribution in [-0.4, -0.2) is 33.7 Å². The second-order valence-corrected chi connectivity index (χ2v) is 6.71. The van der Waals surface area contributed by atoms with E-state index in [1.165, 1.54) is 34.5 Å². The summed E-state index contributed by atoms with van der Waals surface area (Å²) in [5, 5.41) is 12.6. The van der Waals surface area contributed by atoms with Gasteiger partial charge in [-0.2, -0.15) is 0 Å². The fraction of sp³-hybridized carbons (Fsp3) is 0.250. The van der Waals surface area contributed by atoms with Gasteiger partial charge in [-0.15, -0.1) is 0 Å². The van der Waals surface area contributed by atoms with Crippen LogP contribution in [0.4, 0.5) is 8.78 Å². The second kappa shape index (κ2) is 8.46. The van der Waals surface area contributed by atoms with Crippen molar-refractivity contribution in [3.05, 3.63) is 80.1 Å². The molecule has 0 aliphatic heterocycles. The summed E-state index contributed by atoms with van der Waals surface area (Å²) in [7, 11) is 1.48. The first kappa shape index (κ1) is 21.2. The Morgan fingerprint density at radius 3 is 2.67 bits per heavy atom. The van der Waals surface area contributed by atoms with Gasteiger partial charge in [0.15, 0.2) is 11.3 Å². The molecule has 8 nitrogen and oxygen atoms in total. The summed E-state index contributed by atoms with van der Waals surface area (Å²) < 4.78 is 34.2. The van der Waals surface area contributed by atoms with E-state index in [2.05, 4.69) is 5.32 Å². The molecule has 0 saturated carbocycles. The maximum absolute atomic E-state index is 13.7. The number of pyridine rings is 1. The molecule has 1 atom stereocenters. The number of rotatable bonds is 6. The molecule has 158 valence electrons. The Bertz CT molecular complexity index is 1240. The van der Waals surface area contributed by atoms with Crippen LogP contribution in [0.15, 0.2) is 46.4 Å². The van der Waals surface area contributed by atoms with Crippen LogP contribution in [0.1, 0.15) is 28.9 Å². The Kier molecular flexibility index (Phi) is 5.97. The summed E-state index contributed by atoms with van der Waals surface area (Å²) in [6.45, 7) is 1.67. The quantitative estimate of drug-likeness (QED) is 0.632. The molecule has 0 fully saturated rings. The third-order valence-electron chi connectivity index (χ3n) is 4.62. The molecule has 2 aromatic heterocycles. The monoisotopic (exact) mass is 419 g/mol. The molecular weight excluding hydrogens is 400 g/mol. The third-order valence-corrected chi connectivity index (χ3v) is 4.62. The number of nitrogens with one attached hydrogen (secondary N) is 1. The van der Waals surface area contributed by atoms with Gasteiger partial charge in [-0.1, -0.05) is 6.07 Å². The zero-order chi connectivity index (χ0) is 22.0. The number of benzene rings is 1. The Morgan fingerprint density at radius 2 is 2.00 bits per heavy atom. The Hall–Kier alpha value is -3.53. The van der Waals surface area contributed by atoms with Crippen molar-refractivity contribution in [3.8, 4) is 5.75 Å². The lowest BCUT2D eigenvalue weighted by Gasteiger charge is -2.16. The fourth-order valence-corrected chi connectivity index (χ4v) is 3.05. The molecule has 0 aliphatic rings. The lowest BCUT2D eigenvalue weighted by Crippen LogP contribution is -2.32. The predicted molar refractivity (Wildman–Crippen MR) is 104 cm³/mol. The lowest BCUT2D eigenvalue weighted by atomic mass is 10.2. The molecule has 3 rings (SSSR count). The van der Waals surface area contributed by atoms with Gasteiger partial charge in [0.2, 0.25) is 5.43 Å². The number of aromatic hydroxyl groups is 1. The summed E-state index contributed by atoms with van der Waals surface area (Å²) >= 11 is 0. The average Bonchev–Trinajstić information content (AvgIpc) is 2.69. The molecule has 1 amide bonds. The van der Waals surface area contributed by atoms with Gasteiger partial charge in [0.1, 0.15) is 17.2 Å². The first-order valence-corrected chi connectivity index (χ1v) is 8.94. The SMILES string of the molecule is COCC(C)n1ccn2cc(C(=O)NCc3ccc(F)cc3F)c(=O)c(O)c2c1=O. The molecule has 3 aromatic rings. The Balaban J connectivity index is 1.96. The molecular formula is C20H19F2N3O5. The Morgan fingerprint density at radius 1 is 1.27 bits per heavy atom. The van der Waals surface area contributed by atoms with Gasteiger partial charge in [-0.05, 0) is 13.0 Å². The van der Waals surface area contributed by atoms with E-state index in [4.69, 9.17) is 4.74 Å². The minimum atomic E-state index is -1.04. The summed E-state index contributed by atoms with van der Waals surface area (Å²) in [5.74, 6) is -3.37. The number of methoxy groups -OCH3 is 1. The third kappa shape index (κ3) is 3.94. The van der Waals surface area contributed by atoms with Crippen molar-refractivity contribution in [2.24, 2.45) is 0 Å². The molecule has 0 radical (unpaired) electrons. The zero-order valence-corrected chi connectivity index (χ0v) is 16.2. The van der Waals surface area contributed by atoms with E-state index in [1.54, 1.807) is 6.92 Å². The van der Waals surface area contributed by atoms with E-state index in [9.17, 15) is 28.3 Å². The standard InChI is InChI=1S/C20H19F2N3O5/c1-11(10-30-2)25-6-5-24-9-14(17(26)18(27)16(24)20(25)29)19(28)23-8-12-3-4-13(21)7-15(12)22/h3-7,9,11,27H,8,10H2,1-2H3,(H,23,28). The minimum absolute atomic E-state index is 0.0184. The molecule has 1 aromatic carbocycles.